The van der Waals surface area contributed by atoms with Gasteiger partial charge >= 0.3 is 6.01 Å². The normalized spacial score (nSPS) is 9.21. The number of nitrogens with one attached hydrogen (secondary N) is 1. The molecule has 0 aliphatic carbocycles. The molecule has 0 fully saturated rings. The van der Waals surface area contributed by atoms with E-state index in [0.29, 0.717) is 10.9 Å². The zero-order valence-electron chi connectivity index (χ0n) is 9.46. The molecule has 1 aromatic heterocycles. The molecule has 7 heteroatoms. The molecule has 0 saturated carbocycles. The summed E-state index contributed by atoms with van der Waals surface area (Å²) in [5.41, 5.74) is 0.626. The molecule has 92 valence electrons. The lowest BCUT2D eigenvalue weighted by molar-refractivity contribution is 0.587. The van der Waals surface area contributed by atoms with Crippen LogP contribution in [0.1, 0.15) is 0 Å². The van der Waals surface area contributed by atoms with Crippen LogP contribution in [0.25, 0.3) is 11.5 Å². The molecule has 0 spiro atoms. The summed E-state index contributed by atoms with van der Waals surface area (Å²) >= 11 is 5.77. The number of allylic oxidation sites excluding steroid dienone is 1. The second-order valence-corrected chi connectivity index (χ2v) is 3.78. The van der Waals surface area contributed by atoms with Gasteiger partial charge in [-0.3, -0.25) is 0 Å². The molecule has 0 radical (unpaired) electrons. The van der Waals surface area contributed by atoms with Crippen LogP contribution in [0.15, 0.2) is 40.5 Å². The molecule has 0 atom stereocenters. The number of nitrogens with zero attached hydrogens (tertiary/aromatic N) is 4. The van der Waals surface area contributed by atoms with Crippen molar-refractivity contribution in [2.24, 2.45) is 0 Å². The van der Waals surface area contributed by atoms with Crippen LogP contribution in [0.2, 0.25) is 5.02 Å². The Kier molecular flexibility index (Phi) is 3.77. The second kappa shape index (κ2) is 5.67. The van der Waals surface area contributed by atoms with Crippen LogP contribution < -0.4 is 5.32 Å². The van der Waals surface area contributed by atoms with Crippen molar-refractivity contribution in [2.75, 3.05) is 5.32 Å². The number of rotatable bonds is 3. The summed E-state index contributed by atoms with van der Waals surface area (Å²) in [6.07, 6.45) is 1.19. The lowest BCUT2D eigenvalue weighted by Crippen LogP contribution is -1.89. The largest absolute Gasteiger partial charge is 0.403 e. The second-order valence-electron chi connectivity index (χ2n) is 3.35. The van der Waals surface area contributed by atoms with E-state index in [9.17, 15) is 0 Å². The Morgan fingerprint density at radius 3 is 2.53 bits per heavy atom. The fourth-order valence-corrected chi connectivity index (χ4v) is 1.34. The van der Waals surface area contributed by atoms with Crippen LogP contribution in [0.3, 0.4) is 0 Å². The first kappa shape index (κ1) is 12.6. The topological polar surface area (TPSA) is 98.5 Å². The third kappa shape index (κ3) is 3.09. The minimum absolute atomic E-state index is 0.0907. The van der Waals surface area contributed by atoms with E-state index in [1.807, 2.05) is 0 Å². The van der Waals surface area contributed by atoms with Gasteiger partial charge in [-0.15, -0.1) is 5.10 Å². The number of anilines is 1. The van der Waals surface area contributed by atoms with Crippen LogP contribution in [0, 0.1) is 22.7 Å². The molecule has 2 rings (SSSR count). The van der Waals surface area contributed by atoms with Crippen molar-refractivity contribution in [3.63, 3.8) is 0 Å². The van der Waals surface area contributed by atoms with Crippen molar-refractivity contribution >= 4 is 17.6 Å². The Hall–Kier alpha value is -2.83. The zero-order chi connectivity index (χ0) is 13.7. The van der Waals surface area contributed by atoms with Crippen molar-refractivity contribution in [2.45, 2.75) is 0 Å². The third-order valence-electron chi connectivity index (χ3n) is 2.10. The van der Waals surface area contributed by atoms with Gasteiger partial charge in [0.1, 0.15) is 17.7 Å². The summed E-state index contributed by atoms with van der Waals surface area (Å²) in [6.45, 7) is 0. The summed E-state index contributed by atoms with van der Waals surface area (Å²) in [7, 11) is 0. The van der Waals surface area contributed by atoms with Crippen molar-refractivity contribution in [3.8, 4) is 23.6 Å². The van der Waals surface area contributed by atoms with Gasteiger partial charge in [-0.05, 0) is 24.3 Å². The van der Waals surface area contributed by atoms with Gasteiger partial charge in [-0.2, -0.15) is 10.5 Å². The Morgan fingerprint density at radius 1 is 1.21 bits per heavy atom. The van der Waals surface area contributed by atoms with E-state index in [4.69, 9.17) is 26.5 Å². The molecule has 0 aliphatic heterocycles. The van der Waals surface area contributed by atoms with E-state index >= 15 is 0 Å². The first-order valence-electron chi connectivity index (χ1n) is 5.09. The number of nitriles is 2. The van der Waals surface area contributed by atoms with Gasteiger partial charge in [0.15, 0.2) is 0 Å². The van der Waals surface area contributed by atoms with Crippen LogP contribution in [-0.2, 0) is 0 Å². The molecular formula is C12H6ClN5O. The maximum Gasteiger partial charge on any atom is 0.319 e. The fraction of sp³-hybridized carbons (Fsp3) is 0. The number of benzene rings is 1. The standard InChI is InChI=1S/C12H6ClN5O/c13-10-3-1-9(2-4-10)11-17-18-12(19-11)16-7-8(5-14)6-15/h1-4,7H,(H,16,18). The van der Waals surface area contributed by atoms with Gasteiger partial charge in [0.25, 0.3) is 0 Å². The van der Waals surface area contributed by atoms with E-state index < -0.39 is 0 Å². The Balaban J connectivity index is 2.16. The van der Waals surface area contributed by atoms with E-state index in [0.717, 1.165) is 5.56 Å². The van der Waals surface area contributed by atoms with Crippen molar-refractivity contribution in [3.05, 3.63) is 41.1 Å². The summed E-state index contributed by atoms with van der Waals surface area (Å²) in [5.74, 6) is 0.308. The molecule has 1 heterocycles. The molecule has 0 unspecified atom stereocenters. The maximum absolute atomic E-state index is 8.55. The first-order chi connectivity index (χ1) is 9.22. The SMILES string of the molecule is N#CC(C#N)=CNc1nnc(-c2ccc(Cl)cc2)o1. The van der Waals surface area contributed by atoms with Gasteiger partial charge in [0, 0.05) is 16.8 Å². The van der Waals surface area contributed by atoms with Crippen LogP contribution in [0.4, 0.5) is 6.01 Å². The van der Waals surface area contributed by atoms with Crippen LogP contribution in [0.5, 0.6) is 0 Å². The average Bonchev–Trinajstić information content (AvgIpc) is 2.89. The average molecular weight is 272 g/mol. The Morgan fingerprint density at radius 2 is 1.89 bits per heavy atom. The lowest BCUT2D eigenvalue weighted by atomic mass is 10.2. The molecule has 2 aromatic rings. The molecule has 19 heavy (non-hydrogen) atoms. The van der Waals surface area contributed by atoms with Crippen molar-refractivity contribution in [1.82, 2.24) is 10.2 Å². The van der Waals surface area contributed by atoms with Gasteiger partial charge in [-0.25, -0.2) is 0 Å². The molecule has 0 amide bonds. The molecule has 1 aromatic carbocycles. The fourth-order valence-electron chi connectivity index (χ4n) is 1.21. The minimum Gasteiger partial charge on any atom is -0.403 e. The summed E-state index contributed by atoms with van der Waals surface area (Å²) in [6, 6.07) is 10.4. The lowest BCUT2D eigenvalue weighted by Gasteiger charge is -1.94. The molecular weight excluding hydrogens is 266 g/mol. The first-order valence-corrected chi connectivity index (χ1v) is 5.47. The van der Waals surface area contributed by atoms with Crippen LogP contribution in [-0.4, -0.2) is 10.2 Å². The Bertz CT molecular complexity index is 674. The molecule has 0 aliphatic rings. The molecule has 0 bridgehead atoms. The predicted octanol–water partition coefficient (Wildman–Crippen LogP) is 2.73. The van der Waals surface area contributed by atoms with Crippen molar-refractivity contribution in [1.29, 1.82) is 10.5 Å². The van der Waals surface area contributed by atoms with Crippen molar-refractivity contribution < 1.29 is 4.42 Å². The van der Waals surface area contributed by atoms with Gasteiger partial charge in [-0.1, -0.05) is 16.7 Å². The highest BCUT2D eigenvalue weighted by atomic mass is 35.5. The predicted molar refractivity (Wildman–Crippen MR) is 67.7 cm³/mol. The smallest absolute Gasteiger partial charge is 0.319 e. The molecule has 0 saturated heterocycles. The summed E-state index contributed by atoms with van der Waals surface area (Å²) in [4.78, 5) is 0. The van der Waals surface area contributed by atoms with E-state index in [1.165, 1.54) is 6.20 Å². The molecule has 6 nitrogen and oxygen atoms in total. The summed E-state index contributed by atoms with van der Waals surface area (Å²) < 4.78 is 5.31. The van der Waals surface area contributed by atoms with Crippen LogP contribution >= 0.6 is 11.6 Å². The summed E-state index contributed by atoms with van der Waals surface area (Å²) in [5, 5.41) is 27.8. The zero-order valence-corrected chi connectivity index (χ0v) is 10.2. The van der Waals surface area contributed by atoms with Gasteiger partial charge in [0.05, 0.1) is 0 Å². The minimum atomic E-state index is -0.0914. The highest BCUT2D eigenvalue weighted by Gasteiger charge is 2.07. The van der Waals surface area contributed by atoms with Gasteiger partial charge < -0.3 is 9.73 Å². The quantitative estimate of drug-likeness (QED) is 0.862. The highest BCUT2D eigenvalue weighted by molar-refractivity contribution is 6.30. The maximum atomic E-state index is 8.55. The van der Waals surface area contributed by atoms with Gasteiger partial charge in [0.2, 0.25) is 5.89 Å². The monoisotopic (exact) mass is 271 g/mol. The number of hydrogen-bond acceptors (Lipinski definition) is 6. The highest BCUT2D eigenvalue weighted by Crippen LogP contribution is 2.21. The number of hydrogen-bond donors (Lipinski definition) is 1. The van der Waals surface area contributed by atoms with E-state index in [-0.39, 0.29) is 11.6 Å². The third-order valence-corrected chi connectivity index (χ3v) is 2.35. The molecule has 1 N–H and O–H groups in total. The Labute approximate surface area is 113 Å². The van der Waals surface area contributed by atoms with E-state index in [2.05, 4.69) is 15.5 Å². The number of halogens is 1. The van der Waals surface area contributed by atoms with E-state index in [1.54, 1.807) is 36.4 Å². The number of aromatic nitrogens is 2.